The van der Waals surface area contributed by atoms with Gasteiger partial charge in [-0.15, -0.1) is 0 Å². The molecule has 23 heavy (non-hydrogen) atoms. The summed E-state index contributed by atoms with van der Waals surface area (Å²) in [6.07, 6.45) is 0.657. The molecule has 0 spiro atoms. The van der Waals surface area contributed by atoms with Crippen molar-refractivity contribution in [3.8, 4) is 0 Å². The van der Waals surface area contributed by atoms with E-state index in [0.717, 1.165) is 0 Å². The number of carbonyl (C=O) groups excluding carboxylic acids is 1. The van der Waals surface area contributed by atoms with Gasteiger partial charge in [-0.2, -0.15) is 4.98 Å². The van der Waals surface area contributed by atoms with Crippen LogP contribution in [0.15, 0.2) is 11.1 Å². The highest BCUT2D eigenvalue weighted by atomic mass is 16.6. The quantitative estimate of drug-likeness (QED) is 0.679. The summed E-state index contributed by atoms with van der Waals surface area (Å²) in [7, 11) is 0. The standard InChI is InChI=1S/C13H19N5O5/c1-13(2,3)23-12(21)17-11-15-9-8(10(20)16-11)14-6-18(9)7-22-5-4-19/h6,19H,4-5,7H2,1-3H3,(H2,15,16,17,20,21). The molecule has 0 aliphatic carbocycles. The molecular formula is C13H19N5O5. The fourth-order valence-corrected chi connectivity index (χ4v) is 1.74. The molecule has 0 saturated carbocycles. The highest BCUT2D eigenvalue weighted by Gasteiger charge is 2.18. The number of imidazole rings is 1. The van der Waals surface area contributed by atoms with Crippen LogP contribution in [-0.2, 0) is 16.2 Å². The number of rotatable bonds is 5. The number of fused-ring (bicyclic) bond motifs is 1. The summed E-state index contributed by atoms with van der Waals surface area (Å²) in [5, 5.41) is 11.1. The Kier molecular flexibility index (Phi) is 4.96. The summed E-state index contributed by atoms with van der Waals surface area (Å²) < 4.78 is 11.8. The van der Waals surface area contributed by atoms with Crippen molar-refractivity contribution in [1.82, 2.24) is 19.5 Å². The summed E-state index contributed by atoms with van der Waals surface area (Å²) in [6.45, 7) is 5.26. The first-order valence-electron chi connectivity index (χ1n) is 6.94. The van der Waals surface area contributed by atoms with E-state index >= 15 is 0 Å². The van der Waals surface area contributed by atoms with Crippen molar-refractivity contribution in [3.05, 3.63) is 16.7 Å². The highest BCUT2D eigenvalue weighted by Crippen LogP contribution is 2.11. The number of nitrogens with one attached hydrogen (secondary N) is 2. The van der Waals surface area contributed by atoms with Gasteiger partial charge in [0, 0.05) is 0 Å². The van der Waals surface area contributed by atoms with Gasteiger partial charge in [-0.05, 0) is 20.8 Å². The molecule has 2 rings (SSSR count). The second-order valence-corrected chi connectivity index (χ2v) is 5.69. The van der Waals surface area contributed by atoms with Crippen LogP contribution in [0.25, 0.3) is 11.2 Å². The summed E-state index contributed by atoms with van der Waals surface area (Å²) in [5.41, 5.74) is -0.805. The average Bonchev–Trinajstić information content (AvgIpc) is 2.80. The molecule has 0 saturated heterocycles. The molecule has 2 heterocycles. The van der Waals surface area contributed by atoms with Gasteiger partial charge in [0.2, 0.25) is 5.95 Å². The van der Waals surface area contributed by atoms with Gasteiger partial charge in [0.15, 0.2) is 11.2 Å². The van der Waals surface area contributed by atoms with Crippen molar-refractivity contribution in [2.24, 2.45) is 0 Å². The van der Waals surface area contributed by atoms with E-state index in [-0.39, 0.29) is 37.1 Å². The molecule has 2 aromatic rings. The monoisotopic (exact) mass is 325 g/mol. The van der Waals surface area contributed by atoms with Gasteiger partial charge in [-0.3, -0.25) is 19.7 Å². The highest BCUT2D eigenvalue weighted by molar-refractivity contribution is 5.83. The molecule has 0 radical (unpaired) electrons. The van der Waals surface area contributed by atoms with Crippen molar-refractivity contribution in [2.45, 2.75) is 33.1 Å². The maximum atomic E-state index is 12.0. The van der Waals surface area contributed by atoms with Crippen LogP contribution in [0.3, 0.4) is 0 Å². The topological polar surface area (TPSA) is 131 Å². The Morgan fingerprint density at radius 1 is 1.48 bits per heavy atom. The van der Waals surface area contributed by atoms with Crippen LogP contribution in [0.1, 0.15) is 20.8 Å². The first-order valence-corrected chi connectivity index (χ1v) is 6.94. The maximum Gasteiger partial charge on any atom is 0.414 e. The van der Waals surface area contributed by atoms with Crippen LogP contribution in [0, 0.1) is 0 Å². The van der Waals surface area contributed by atoms with E-state index in [0.29, 0.717) is 0 Å². The van der Waals surface area contributed by atoms with Crippen molar-refractivity contribution >= 4 is 23.2 Å². The van der Waals surface area contributed by atoms with Gasteiger partial charge in [-0.25, -0.2) is 9.78 Å². The summed E-state index contributed by atoms with van der Waals surface area (Å²) in [5.74, 6) is -0.0549. The average molecular weight is 325 g/mol. The number of aliphatic hydroxyl groups is 1. The SMILES string of the molecule is CC(C)(C)OC(=O)Nc1nc2c(ncn2COCCO)c(=O)[nH]1. The van der Waals surface area contributed by atoms with Crippen LogP contribution in [0.4, 0.5) is 10.7 Å². The lowest BCUT2D eigenvalue weighted by molar-refractivity contribution is 0.0499. The van der Waals surface area contributed by atoms with Crippen molar-refractivity contribution in [2.75, 3.05) is 18.5 Å². The number of hydrogen-bond donors (Lipinski definition) is 3. The number of anilines is 1. The normalized spacial score (nSPS) is 11.7. The fourth-order valence-electron chi connectivity index (χ4n) is 1.74. The van der Waals surface area contributed by atoms with Crippen LogP contribution in [0.5, 0.6) is 0 Å². The van der Waals surface area contributed by atoms with Gasteiger partial charge < -0.3 is 14.6 Å². The minimum absolute atomic E-state index is 0.0549. The Labute approximate surface area is 131 Å². The lowest BCUT2D eigenvalue weighted by Crippen LogP contribution is -2.28. The van der Waals surface area contributed by atoms with Gasteiger partial charge in [0.05, 0.1) is 19.5 Å². The number of ether oxygens (including phenoxy) is 2. The zero-order valence-corrected chi connectivity index (χ0v) is 13.1. The second kappa shape index (κ2) is 6.75. The Bertz CT molecular complexity index is 745. The number of amides is 1. The van der Waals surface area contributed by atoms with Gasteiger partial charge in [-0.1, -0.05) is 0 Å². The number of hydrogen-bond acceptors (Lipinski definition) is 7. The first kappa shape index (κ1) is 16.9. The molecule has 2 aromatic heterocycles. The van der Waals surface area contributed by atoms with Crippen LogP contribution in [0.2, 0.25) is 0 Å². The molecule has 0 unspecified atom stereocenters. The third-order valence-corrected chi connectivity index (χ3v) is 2.56. The molecule has 0 aliphatic heterocycles. The molecule has 3 N–H and O–H groups in total. The van der Waals surface area contributed by atoms with E-state index in [1.807, 2.05) is 0 Å². The number of H-pyrrole nitrogens is 1. The van der Waals surface area contributed by atoms with E-state index in [9.17, 15) is 9.59 Å². The van der Waals surface area contributed by atoms with E-state index < -0.39 is 17.3 Å². The minimum atomic E-state index is -0.734. The van der Waals surface area contributed by atoms with Crippen LogP contribution < -0.4 is 10.9 Å². The number of nitrogens with zero attached hydrogens (tertiary/aromatic N) is 3. The van der Waals surface area contributed by atoms with Crippen LogP contribution >= 0.6 is 0 Å². The van der Waals surface area contributed by atoms with E-state index in [4.69, 9.17) is 14.6 Å². The molecule has 10 nitrogen and oxygen atoms in total. The summed E-state index contributed by atoms with van der Waals surface area (Å²) >= 11 is 0. The predicted octanol–water partition coefficient (Wildman–Crippen LogP) is 0.433. The summed E-state index contributed by atoms with van der Waals surface area (Å²) in [4.78, 5) is 34.2. The zero-order valence-electron chi connectivity index (χ0n) is 13.1. The molecule has 0 bridgehead atoms. The third kappa shape index (κ3) is 4.50. The molecular weight excluding hydrogens is 306 g/mol. The number of carbonyl (C=O) groups is 1. The number of aliphatic hydroxyl groups excluding tert-OH is 1. The smallest absolute Gasteiger partial charge is 0.414 e. The Hall–Kier alpha value is -2.46. The Morgan fingerprint density at radius 3 is 2.87 bits per heavy atom. The number of aromatic amines is 1. The molecule has 0 aliphatic rings. The largest absolute Gasteiger partial charge is 0.444 e. The first-order chi connectivity index (χ1) is 10.8. The van der Waals surface area contributed by atoms with Crippen molar-refractivity contribution in [3.63, 3.8) is 0 Å². The molecule has 0 fully saturated rings. The Balaban J connectivity index is 2.23. The molecule has 0 aromatic carbocycles. The fraction of sp³-hybridized carbons (Fsp3) is 0.538. The van der Waals surface area contributed by atoms with E-state index in [2.05, 4.69) is 20.3 Å². The maximum absolute atomic E-state index is 12.0. The molecule has 126 valence electrons. The molecule has 0 atom stereocenters. The lowest BCUT2D eigenvalue weighted by atomic mass is 10.2. The second-order valence-electron chi connectivity index (χ2n) is 5.69. The van der Waals surface area contributed by atoms with E-state index in [1.165, 1.54) is 10.9 Å². The minimum Gasteiger partial charge on any atom is -0.444 e. The predicted molar refractivity (Wildman–Crippen MR) is 81.0 cm³/mol. The third-order valence-electron chi connectivity index (χ3n) is 2.56. The van der Waals surface area contributed by atoms with Crippen LogP contribution in [-0.4, -0.2) is 49.5 Å². The zero-order chi connectivity index (χ0) is 17.0. The van der Waals surface area contributed by atoms with Gasteiger partial charge in [0.25, 0.3) is 5.56 Å². The Morgan fingerprint density at radius 2 is 2.22 bits per heavy atom. The van der Waals surface area contributed by atoms with Crippen molar-refractivity contribution in [1.29, 1.82) is 0 Å². The van der Waals surface area contributed by atoms with E-state index in [1.54, 1.807) is 20.8 Å². The summed E-state index contributed by atoms with van der Waals surface area (Å²) in [6, 6.07) is 0. The molecule has 1 amide bonds. The van der Waals surface area contributed by atoms with Gasteiger partial charge >= 0.3 is 6.09 Å². The lowest BCUT2D eigenvalue weighted by Gasteiger charge is -2.19. The van der Waals surface area contributed by atoms with Gasteiger partial charge in [0.1, 0.15) is 12.3 Å². The van der Waals surface area contributed by atoms with Crippen molar-refractivity contribution < 1.29 is 19.4 Å². The molecule has 10 heteroatoms. The number of aromatic nitrogens is 4.